The Kier molecular flexibility index (Phi) is 6.09. The molecule has 6 nitrogen and oxygen atoms in total. The number of benzene rings is 1. The molecule has 0 fully saturated rings. The average Bonchev–Trinajstić information content (AvgIpc) is 2.40. The number of hydrogen-bond acceptors (Lipinski definition) is 3. The molecule has 21 heavy (non-hydrogen) atoms. The summed E-state index contributed by atoms with van der Waals surface area (Å²) < 4.78 is 38.3. The third kappa shape index (κ3) is 4.92. The molecule has 0 saturated carbocycles. The van der Waals surface area contributed by atoms with Gasteiger partial charge in [-0.25, -0.2) is 4.39 Å². The highest BCUT2D eigenvalue weighted by atomic mass is 35.5. The van der Waals surface area contributed by atoms with E-state index >= 15 is 0 Å². The Morgan fingerprint density at radius 1 is 1.43 bits per heavy atom. The predicted octanol–water partition coefficient (Wildman–Crippen LogP) is 1.43. The van der Waals surface area contributed by atoms with Crippen molar-refractivity contribution in [2.75, 3.05) is 7.05 Å². The number of rotatable bonds is 6. The van der Waals surface area contributed by atoms with Gasteiger partial charge >= 0.3 is 0 Å². The molecule has 0 aliphatic carbocycles. The fourth-order valence-electron chi connectivity index (χ4n) is 1.33. The lowest BCUT2D eigenvalue weighted by Gasteiger charge is -2.19. The molecule has 0 bridgehead atoms. The summed E-state index contributed by atoms with van der Waals surface area (Å²) in [6, 6.07) is 4.08. The Labute approximate surface area is 128 Å². The lowest BCUT2D eigenvalue weighted by atomic mass is 10.2. The van der Waals surface area contributed by atoms with E-state index in [2.05, 4.69) is 5.43 Å². The van der Waals surface area contributed by atoms with Crippen molar-refractivity contribution >= 4 is 27.7 Å². The van der Waals surface area contributed by atoms with E-state index < -0.39 is 21.9 Å². The van der Waals surface area contributed by atoms with Gasteiger partial charge in [0.05, 0.1) is 0 Å². The highest BCUT2D eigenvalue weighted by molar-refractivity contribution is 7.87. The van der Waals surface area contributed by atoms with Crippen molar-refractivity contribution < 1.29 is 17.6 Å². The van der Waals surface area contributed by atoms with Crippen LogP contribution in [-0.2, 0) is 21.5 Å². The quantitative estimate of drug-likeness (QED) is 0.771. The first-order valence-corrected chi connectivity index (χ1v) is 7.92. The Morgan fingerprint density at radius 3 is 2.57 bits per heavy atom. The van der Waals surface area contributed by atoms with Gasteiger partial charge in [0.25, 0.3) is 10.2 Å². The summed E-state index contributed by atoms with van der Waals surface area (Å²) in [5.74, 6) is -1.45. The van der Waals surface area contributed by atoms with Gasteiger partial charge in [-0.05, 0) is 12.1 Å². The fraction of sp³-hybridized carbons (Fsp3) is 0.417. The lowest BCUT2D eigenvalue weighted by molar-refractivity contribution is -0.124. The largest absolute Gasteiger partial charge is 0.296 e. The molecule has 1 aromatic rings. The third-order valence-electron chi connectivity index (χ3n) is 2.68. The number of nitrogens with zero attached hydrogens (tertiary/aromatic N) is 1. The van der Waals surface area contributed by atoms with Crippen LogP contribution in [0.3, 0.4) is 0 Å². The minimum atomic E-state index is -3.99. The molecule has 9 heteroatoms. The SMILES string of the molecule is CC(C)C(=O)NNS(=O)(=O)N(C)Cc1c(F)cccc1Cl. The van der Waals surface area contributed by atoms with Crippen LogP contribution < -0.4 is 10.3 Å². The van der Waals surface area contributed by atoms with Crippen molar-refractivity contribution in [3.63, 3.8) is 0 Å². The van der Waals surface area contributed by atoms with Crippen LogP contribution >= 0.6 is 11.6 Å². The smallest absolute Gasteiger partial charge is 0.277 e. The highest BCUT2D eigenvalue weighted by Crippen LogP contribution is 2.20. The van der Waals surface area contributed by atoms with Crippen LogP contribution in [0, 0.1) is 11.7 Å². The molecule has 0 spiro atoms. The maximum absolute atomic E-state index is 13.6. The summed E-state index contributed by atoms with van der Waals surface area (Å²) in [5, 5.41) is 0.128. The molecule has 0 unspecified atom stereocenters. The zero-order valence-electron chi connectivity index (χ0n) is 11.9. The van der Waals surface area contributed by atoms with E-state index in [4.69, 9.17) is 11.6 Å². The summed E-state index contributed by atoms with van der Waals surface area (Å²) in [6.45, 7) is 2.97. The lowest BCUT2D eigenvalue weighted by Crippen LogP contribution is -2.48. The Balaban J connectivity index is 2.78. The van der Waals surface area contributed by atoms with Crippen LogP contribution in [-0.4, -0.2) is 25.7 Å². The topological polar surface area (TPSA) is 78.5 Å². The summed E-state index contributed by atoms with van der Waals surface area (Å²) in [6.07, 6.45) is 0. The third-order valence-corrected chi connectivity index (χ3v) is 4.34. The van der Waals surface area contributed by atoms with Crippen LogP contribution in [0.4, 0.5) is 4.39 Å². The number of hydrogen-bond donors (Lipinski definition) is 2. The van der Waals surface area contributed by atoms with Crippen LogP contribution in [0.2, 0.25) is 5.02 Å². The van der Waals surface area contributed by atoms with Crippen molar-refractivity contribution in [2.24, 2.45) is 5.92 Å². The first-order chi connectivity index (χ1) is 9.65. The van der Waals surface area contributed by atoms with Gasteiger partial charge in [-0.3, -0.25) is 10.2 Å². The molecule has 1 aromatic carbocycles. The summed E-state index contributed by atoms with van der Waals surface area (Å²) >= 11 is 5.84. The van der Waals surface area contributed by atoms with Crippen LogP contribution in [0.5, 0.6) is 0 Å². The number of nitrogens with one attached hydrogen (secondary N) is 2. The number of amides is 1. The molecule has 118 valence electrons. The van der Waals surface area contributed by atoms with E-state index in [1.54, 1.807) is 13.8 Å². The van der Waals surface area contributed by atoms with Gasteiger partial charge in [-0.2, -0.15) is 12.7 Å². The molecular weight excluding hydrogens is 321 g/mol. The molecule has 1 rings (SSSR count). The Bertz CT molecular complexity index is 602. The standard InChI is InChI=1S/C12H17ClFN3O3S/c1-8(2)12(18)15-16-21(19,20)17(3)7-9-10(13)5-4-6-11(9)14/h4-6,8,16H,7H2,1-3H3,(H,15,18). The number of carbonyl (C=O) groups excluding carboxylic acids is 1. The van der Waals surface area contributed by atoms with Gasteiger partial charge in [0.1, 0.15) is 5.82 Å². The first kappa shape index (κ1) is 17.8. The second kappa shape index (κ2) is 7.17. The van der Waals surface area contributed by atoms with Crippen molar-refractivity contribution in [3.8, 4) is 0 Å². The van der Waals surface area contributed by atoms with Crippen LogP contribution in [0.1, 0.15) is 19.4 Å². The normalized spacial score (nSPS) is 12.0. The monoisotopic (exact) mass is 337 g/mol. The molecule has 0 aliphatic rings. The van der Waals surface area contributed by atoms with Gasteiger partial charge in [0, 0.05) is 30.1 Å². The van der Waals surface area contributed by atoms with E-state index in [1.165, 1.54) is 25.2 Å². The zero-order chi connectivity index (χ0) is 16.2. The van der Waals surface area contributed by atoms with Crippen molar-refractivity contribution in [1.82, 2.24) is 14.6 Å². The minimum absolute atomic E-state index is 0.0576. The molecule has 2 N–H and O–H groups in total. The van der Waals surface area contributed by atoms with Gasteiger partial charge in [0.15, 0.2) is 0 Å². The first-order valence-electron chi connectivity index (χ1n) is 6.11. The Hall–Kier alpha value is -1.22. The number of hydrazine groups is 1. The fourth-order valence-corrected chi connectivity index (χ4v) is 2.24. The van der Waals surface area contributed by atoms with Crippen LogP contribution in [0.15, 0.2) is 18.2 Å². The van der Waals surface area contributed by atoms with Crippen molar-refractivity contribution in [2.45, 2.75) is 20.4 Å². The van der Waals surface area contributed by atoms with Gasteiger partial charge in [0.2, 0.25) is 5.91 Å². The Morgan fingerprint density at radius 2 is 2.05 bits per heavy atom. The molecule has 0 saturated heterocycles. The maximum Gasteiger partial charge on any atom is 0.296 e. The molecule has 0 radical (unpaired) electrons. The molecule has 0 atom stereocenters. The second-order valence-corrected chi connectivity index (χ2v) is 6.89. The van der Waals surface area contributed by atoms with Crippen LogP contribution in [0.25, 0.3) is 0 Å². The van der Waals surface area contributed by atoms with Gasteiger partial charge < -0.3 is 0 Å². The maximum atomic E-state index is 13.6. The summed E-state index contributed by atoms with van der Waals surface area (Å²) in [5.41, 5.74) is 2.13. The van der Waals surface area contributed by atoms with Gasteiger partial charge in [-0.15, -0.1) is 4.83 Å². The molecule has 0 aliphatic heterocycles. The molecular formula is C12H17ClFN3O3S. The van der Waals surface area contributed by atoms with E-state index in [0.717, 1.165) is 4.31 Å². The predicted molar refractivity (Wildman–Crippen MR) is 77.9 cm³/mol. The van der Waals surface area contributed by atoms with E-state index in [9.17, 15) is 17.6 Å². The zero-order valence-corrected chi connectivity index (χ0v) is 13.4. The van der Waals surface area contributed by atoms with Crippen molar-refractivity contribution in [3.05, 3.63) is 34.6 Å². The van der Waals surface area contributed by atoms with E-state index in [-0.39, 0.29) is 23.0 Å². The minimum Gasteiger partial charge on any atom is -0.277 e. The summed E-state index contributed by atoms with van der Waals surface area (Å²) in [7, 11) is -2.75. The highest BCUT2D eigenvalue weighted by Gasteiger charge is 2.21. The molecule has 1 amide bonds. The van der Waals surface area contributed by atoms with Crippen molar-refractivity contribution in [1.29, 1.82) is 0 Å². The summed E-state index contributed by atoms with van der Waals surface area (Å²) in [4.78, 5) is 13.3. The average molecular weight is 338 g/mol. The number of carbonyl (C=O) groups is 1. The van der Waals surface area contributed by atoms with Gasteiger partial charge in [-0.1, -0.05) is 31.5 Å². The molecule has 0 heterocycles. The van der Waals surface area contributed by atoms with E-state index in [0.29, 0.717) is 0 Å². The molecule has 0 aromatic heterocycles. The van der Waals surface area contributed by atoms with E-state index in [1.807, 2.05) is 4.83 Å². The number of halogens is 2. The second-order valence-electron chi connectivity index (χ2n) is 4.71.